The lowest BCUT2D eigenvalue weighted by atomic mass is 10.0. The Bertz CT molecular complexity index is 716. The first-order chi connectivity index (χ1) is 11.8. The van der Waals surface area contributed by atoms with Crippen LogP contribution in [0.5, 0.6) is 11.5 Å². The van der Waals surface area contributed by atoms with Gasteiger partial charge in [-0.25, -0.2) is 4.98 Å². The van der Waals surface area contributed by atoms with Crippen molar-refractivity contribution in [3.05, 3.63) is 35.3 Å². The van der Waals surface area contributed by atoms with Gasteiger partial charge in [0.2, 0.25) is 5.91 Å². The highest BCUT2D eigenvalue weighted by molar-refractivity contribution is 7.13. The third kappa shape index (κ3) is 3.52. The van der Waals surface area contributed by atoms with E-state index >= 15 is 0 Å². The number of carbonyl (C=O) groups is 1. The smallest absolute Gasteiger partial charge is 0.240 e. The number of ether oxygens (including phenoxy) is 2. The van der Waals surface area contributed by atoms with Gasteiger partial charge in [-0.15, -0.1) is 11.3 Å². The van der Waals surface area contributed by atoms with E-state index in [0.717, 1.165) is 17.1 Å². The Morgan fingerprint density at radius 3 is 2.88 bits per heavy atom. The summed E-state index contributed by atoms with van der Waals surface area (Å²) in [7, 11) is 0. The van der Waals surface area contributed by atoms with Crippen LogP contribution in [0.1, 0.15) is 24.4 Å². The predicted molar refractivity (Wildman–Crippen MR) is 91.6 cm³/mol. The first kappa shape index (κ1) is 15.4. The lowest BCUT2D eigenvalue weighted by molar-refractivity contribution is -0.115. The zero-order chi connectivity index (χ0) is 16.4. The fourth-order valence-electron chi connectivity index (χ4n) is 2.89. The third-order valence-corrected chi connectivity index (χ3v) is 4.87. The van der Waals surface area contributed by atoms with Crippen LogP contribution in [-0.4, -0.2) is 30.6 Å². The first-order valence-electron chi connectivity index (χ1n) is 8.12. The fraction of sp³-hybridized carbons (Fsp3) is 0.412. The molecule has 0 bridgehead atoms. The molecule has 1 amide bonds. The summed E-state index contributed by atoms with van der Waals surface area (Å²) in [6.07, 6.45) is 4.04. The zero-order valence-corrected chi connectivity index (χ0v) is 14.0. The van der Waals surface area contributed by atoms with Crippen molar-refractivity contribution in [3.8, 4) is 11.5 Å². The molecule has 2 aromatic rings. The monoisotopic (exact) mass is 345 g/mol. The average Bonchev–Trinajstić information content (AvgIpc) is 3.31. The summed E-state index contributed by atoms with van der Waals surface area (Å²) in [5, 5.41) is 8.65. The van der Waals surface area contributed by atoms with Gasteiger partial charge in [0.05, 0.1) is 6.54 Å². The number of aromatic nitrogens is 1. The van der Waals surface area contributed by atoms with Gasteiger partial charge in [0.25, 0.3) is 0 Å². The zero-order valence-electron chi connectivity index (χ0n) is 13.2. The molecule has 0 unspecified atom stereocenters. The van der Waals surface area contributed by atoms with Gasteiger partial charge in [0, 0.05) is 17.6 Å². The molecule has 6 nitrogen and oxygen atoms in total. The Labute approximate surface area is 144 Å². The van der Waals surface area contributed by atoms with Crippen molar-refractivity contribution < 1.29 is 14.3 Å². The molecule has 126 valence electrons. The van der Waals surface area contributed by atoms with Crippen LogP contribution in [0.15, 0.2) is 29.8 Å². The Morgan fingerprint density at radius 1 is 1.29 bits per heavy atom. The maximum absolute atomic E-state index is 12.1. The molecule has 1 fully saturated rings. The number of fused-ring (bicyclic) bond motifs is 1. The highest BCUT2D eigenvalue weighted by Crippen LogP contribution is 2.43. The number of hydrogen-bond donors (Lipinski definition) is 2. The molecule has 1 aromatic heterocycles. The molecule has 1 aromatic carbocycles. The lowest BCUT2D eigenvalue weighted by Gasteiger charge is -2.23. The first-order valence-corrected chi connectivity index (χ1v) is 9.00. The molecule has 7 heteroatoms. The number of rotatable bonds is 6. The summed E-state index contributed by atoms with van der Waals surface area (Å²) in [5.41, 5.74) is 1.14. The number of anilines is 1. The van der Waals surface area contributed by atoms with Crippen LogP contribution < -0.4 is 20.1 Å². The number of carbonyl (C=O) groups excluding carboxylic acids is 1. The van der Waals surface area contributed by atoms with Crippen molar-refractivity contribution in [1.29, 1.82) is 0 Å². The van der Waals surface area contributed by atoms with Gasteiger partial charge >= 0.3 is 0 Å². The molecule has 2 heterocycles. The molecule has 0 radical (unpaired) electrons. The van der Waals surface area contributed by atoms with Gasteiger partial charge in [-0.2, -0.15) is 0 Å². The minimum absolute atomic E-state index is 0.0758. The Morgan fingerprint density at radius 2 is 2.12 bits per heavy atom. The summed E-state index contributed by atoms with van der Waals surface area (Å²) < 4.78 is 11.2. The van der Waals surface area contributed by atoms with E-state index < -0.39 is 0 Å². The SMILES string of the molecule is O=C(CN[C@@H](c1ccc2c(c1)OCCO2)C1CC1)Nc1nccs1. The van der Waals surface area contributed by atoms with E-state index in [4.69, 9.17) is 9.47 Å². The number of benzene rings is 1. The molecule has 1 atom stereocenters. The second-order valence-corrected chi connectivity index (χ2v) is 6.88. The van der Waals surface area contributed by atoms with Crippen LogP contribution in [0.25, 0.3) is 0 Å². The largest absolute Gasteiger partial charge is 0.486 e. The molecule has 1 aliphatic heterocycles. The molecule has 1 aliphatic carbocycles. The number of thiazole rings is 1. The van der Waals surface area contributed by atoms with E-state index in [1.165, 1.54) is 24.2 Å². The summed E-state index contributed by atoms with van der Waals surface area (Å²) in [4.78, 5) is 16.1. The predicted octanol–water partition coefficient (Wildman–Crippen LogP) is 2.59. The minimum atomic E-state index is -0.0758. The Balaban J connectivity index is 1.42. The lowest BCUT2D eigenvalue weighted by Crippen LogP contribution is -2.32. The van der Waals surface area contributed by atoms with E-state index in [1.54, 1.807) is 6.20 Å². The van der Waals surface area contributed by atoms with Gasteiger partial charge in [-0.05, 0) is 36.5 Å². The number of hydrogen-bond acceptors (Lipinski definition) is 6. The molecule has 24 heavy (non-hydrogen) atoms. The fourth-order valence-corrected chi connectivity index (χ4v) is 3.44. The molecule has 4 rings (SSSR count). The van der Waals surface area contributed by atoms with Crippen LogP contribution in [-0.2, 0) is 4.79 Å². The van der Waals surface area contributed by atoms with Crippen LogP contribution in [0.3, 0.4) is 0 Å². The van der Waals surface area contributed by atoms with Crippen molar-refractivity contribution in [3.63, 3.8) is 0 Å². The number of amides is 1. The standard InChI is InChI=1S/C17H19N3O3S/c21-15(20-17-18-5-8-24-17)10-19-16(11-1-2-11)12-3-4-13-14(9-12)23-7-6-22-13/h3-5,8-9,11,16,19H,1-2,6-7,10H2,(H,18,20,21)/t16-/m1/s1. The van der Waals surface area contributed by atoms with Crippen molar-refractivity contribution >= 4 is 22.4 Å². The van der Waals surface area contributed by atoms with E-state index in [1.807, 2.05) is 17.5 Å². The van der Waals surface area contributed by atoms with Crippen molar-refractivity contribution in [2.75, 3.05) is 25.1 Å². The number of nitrogens with one attached hydrogen (secondary N) is 2. The molecular formula is C17H19N3O3S. The van der Waals surface area contributed by atoms with Crippen molar-refractivity contribution in [2.45, 2.75) is 18.9 Å². The van der Waals surface area contributed by atoms with Crippen LogP contribution >= 0.6 is 11.3 Å². The average molecular weight is 345 g/mol. The Kier molecular flexibility index (Phi) is 4.36. The second-order valence-electron chi connectivity index (χ2n) is 5.98. The molecule has 2 N–H and O–H groups in total. The summed E-state index contributed by atoms with van der Waals surface area (Å²) in [6, 6.07) is 6.20. The van der Waals surface area contributed by atoms with Crippen molar-refractivity contribution in [1.82, 2.24) is 10.3 Å². The molecule has 0 spiro atoms. The van der Waals surface area contributed by atoms with Gasteiger partial charge in [-0.1, -0.05) is 6.07 Å². The minimum Gasteiger partial charge on any atom is -0.486 e. The van der Waals surface area contributed by atoms with E-state index in [0.29, 0.717) is 24.3 Å². The normalized spacial score (nSPS) is 17.3. The van der Waals surface area contributed by atoms with Crippen molar-refractivity contribution in [2.24, 2.45) is 5.92 Å². The van der Waals surface area contributed by atoms with Gasteiger partial charge < -0.3 is 20.1 Å². The van der Waals surface area contributed by atoms with Crippen LogP contribution in [0.2, 0.25) is 0 Å². The van der Waals surface area contributed by atoms with Crippen LogP contribution in [0.4, 0.5) is 5.13 Å². The van der Waals surface area contributed by atoms with Crippen LogP contribution in [0, 0.1) is 5.92 Å². The van der Waals surface area contributed by atoms with E-state index in [2.05, 4.69) is 21.7 Å². The van der Waals surface area contributed by atoms with E-state index in [-0.39, 0.29) is 18.5 Å². The molecule has 2 aliphatic rings. The molecule has 0 saturated heterocycles. The maximum Gasteiger partial charge on any atom is 0.240 e. The summed E-state index contributed by atoms with van der Waals surface area (Å²) in [6.45, 7) is 1.43. The van der Waals surface area contributed by atoms with Gasteiger partial charge in [0.15, 0.2) is 16.6 Å². The molecule has 1 saturated carbocycles. The topological polar surface area (TPSA) is 72.5 Å². The third-order valence-electron chi connectivity index (χ3n) is 4.18. The molecular weight excluding hydrogens is 326 g/mol. The van der Waals surface area contributed by atoms with Gasteiger partial charge in [-0.3, -0.25) is 4.79 Å². The summed E-state index contributed by atoms with van der Waals surface area (Å²) in [5.74, 6) is 2.08. The second kappa shape index (κ2) is 6.78. The highest BCUT2D eigenvalue weighted by atomic mass is 32.1. The highest BCUT2D eigenvalue weighted by Gasteiger charge is 2.33. The maximum atomic E-state index is 12.1. The number of nitrogens with zero attached hydrogens (tertiary/aromatic N) is 1. The summed E-state index contributed by atoms with van der Waals surface area (Å²) >= 11 is 1.41. The van der Waals surface area contributed by atoms with E-state index in [9.17, 15) is 4.79 Å². The van der Waals surface area contributed by atoms with Gasteiger partial charge in [0.1, 0.15) is 13.2 Å². The Hall–Kier alpha value is -2.12. The quantitative estimate of drug-likeness (QED) is 0.842.